The van der Waals surface area contributed by atoms with Gasteiger partial charge in [0, 0.05) is 25.8 Å². The van der Waals surface area contributed by atoms with Crippen molar-refractivity contribution in [2.45, 2.75) is 52.0 Å². The normalized spacial score (nSPS) is 19.2. The Labute approximate surface area is 105 Å². The van der Waals surface area contributed by atoms with Gasteiger partial charge in [0.1, 0.15) is 0 Å². The summed E-state index contributed by atoms with van der Waals surface area (Å²) in [4.78, 5) is 0. The number of hydrogen-bond acceptors (Lipinski definition) is 2. The summed E-state index contributed by atoms with van der Waals surface area (Å²) in [6.07, 6.45) is 8.37. The molecule has 1 aromatic rings. The number of rotatable bonds is 7. The second-order valence-electron chi connectivity index (χ2n) is 5.87. The Morgan fingerprint density at radius 3 is 2.82 bits per heavy atom. The Hall–Kier alpha value is -0.830. The smallest absolute Gasteiger partial charge is 0.0630 e. The molecular weight excluding hydrogens is 210 g/mol. The van der Waals surface area contributed by atoms with Crippen molar-refractivity contribution < 1.29 is 0 Å². The number of aryl methyl sites for hydroxylation is 1. The van der Waals surface area contributed by atoms with Gasteiger partial charge in [-0.3, -0.25) is 4.68 Å². The Balaban J connectivity index is 1.93. The van der Waals surface area contributed by atoms with Gasteiger partial charge in [-0.05, 0) is 37.2 Å². The lowest BCUT2D eigenvalue weighted by atomic mass is 9.81. The summed E-state index contributed by atoms with van der Waals surface area (Å²) in [6.45, 7) is 5.79. The number of nitrogens with one attached hydrogen (secondary N) is 1. The van der Waals surface area contributed by atoms with E-state index in [0.29, 0.717) is 5.41 Å². The summed E-state index contributed by atoms with van der Waals surface area (Å²) in [5.74, 6) is 0. The largest absolute Gasteiger partial charge is 0.313 e. The lowest BCUT2D eigenvalue weighted by molar-refractivity contribution is 0.271. The fourth-order valence-electron chi connectivity index (χ4n) is 2.52. The molecule has 3 heteroatoms. The van der Waals surface area contributed by atoms with Crippen molar-refractivity contribution >= 4 is 0 Å². The molecule has 1 unspecified atom stereocenters. The van der Waals surface area contributed by atoms with Gasteiger partial charge in [-0.25, -0.2) is 0 Å². The maximum Gasteiger partial charge on any atom is 0.0630 e. The number of hydrogen-bond donors (Lipinski definition) is 1. The SMILES string of the molecule is CCCC(C)(CNC1CC1)Cc1ccn(C)n1. The maximum absolute atomic E-state index is 4.51. The molecule has 0 aliphatic heterocycles. The Morgan fingerprint density at radius 2 is 2.29 bits per heavy atom. The van der Waals surface area contributed by atoms with Crippen LogP contribution in [-0.2, 0) is 13.5 Å². The minimum atomic E-state index is 0.353. The van der Waals surface area contributed by atoms with Gasteiger partial charge >= 0.3 is 0 Å². The molecule has 1 heterocycles. The van der Waals surface area contributed by atoms with Gasteiger partial charge in [0.2, 0.25) is 0 Å². The van der Waals surface area contributed by atoms with Gasteiger partial charge in [0.15, 0.2) is 0 Å². The summed E-state index contributed by atoms with van der Waals surface area (Å²) < 4.78 is 1.90. The molecule has 17 heavy (non-hydrogen) atoms. The monoisotopic (exact) mass is 235 g/mol. The van der Waals surface area contributed by atoms with Gasteiger partial charge < -0.3 is 5.32 Å². The van der Waals surface area contributed by atoms with E-state index in [1.165, 1.54) is 31.4 Å². The van der Waals surface area contributed by atoms with Crippen LogP contribution >= 0.6 is 0 Å². The quantitative estimate of drug-likeness (QED) is 0.787. The molecule has 0 bridgehead atoms. The summed E-state index contributed by atoms with van der Waals surface area (Å²) in [7, 11) is 1.99. The molecule has 2 rings (SSSR count). The fraction of sp³-hybridized carbons (Fsp3) is 0.786. The third-order valence-corrected chi connectivity index (χ3v) is 3.63. The van der Waals surface area contributed by atoms with Gasteiger partial charge in [-0.1, -0.05) is 20.3 Å². The topological polar surface area (TPSA) is 29.9 Å². The zero-order valence-corrected chi connectivity index (χ0v) is 11.4. The highest BCUT2D eigenvalue weighted by Gasteiger charge is 2.28. The Morgan fingerprint density at radius 1 is 1.53 bits per heavy atom. The second-order valence-corrected chi connectivity index (χ2v) is 5.87. The zero-order chi connectivity index (χ0) is 12.3. The van der Waals surface area contributed by atoms with Crippen LogP contribution in [0.5, 0.6) is 0 Å². The lowest BCUT2D eigenvalue weighted by Gasteiger charge is -2.29. The van der Waals surface area contributed by atoms with Crippen molar-refractivity contribution in [3.63, 3.8) is 0 Å². The average molecular weight is 235 g/mol. The van der Waals surface area contributed by atoms with Crippen molar-refractivity contribution in [2.75, 3.05) is 6.54 Å². The molecule has 1 atom stereocenters. The predicted molar refractivity (Wildman–Crippen MR) is 71.0 cm³/mol. The van der Waals surface area contributed by atoms with Crippen LogP contribution in [0.25, 0.3) is 0 Å². The summed E-state index contributed by atoms with van der Waals surface area (Å²) in [5, 5.41) is 8.18. The average Bonchev–Trinajstić information content (AvgIpc) is 3.01. The first kappa shape index (κ1) is 12.6. The van der Waals surface area contributed by atoms with Gasteiger partial charge in [-0.15, -0.1) is 0 Å². The first-order chi connectivity index (χ1) is 8.11. The molecule has 96 valence electrons. The van der Waals surface area contributed by atoms with E-state index in [0.717, 1.165) is 19.0 Å². The molecule has 0 amide bonds. The highest BCUT2D eigenvalue weighted by atomic mass is 15.2. The fourth-order valence-corrected chi connectivity index (χ4v) is 2.52. The molecule has 0 spiro atoms. The van der Waals surface area contributed by atoms with Gasteiger partial charge in [-0.2, -0.15) is 5.10 Å². The summed E-state index contributed by atoms with van der Waals surface area (Å²) in [6, 6.07) is 2.94. The third kappa shape index (κ3) is 3.84. The van der Waals surface area contributed by atoms with E-state index in [4.69, 9.17) is 0 Å². The van der Waals surface area contributed by atoms with Crippen LogP contribution in [0.2, 0.25) is 0 Å². The highest BCUT2D eigenvalue weighted by Crippen LogP contribution is 2.29. The van der Waals surface area contributed by atoms with Crippen molar-refractivity contribution in [1.29, 1.82) is 0 Å². The molecule has 0 saturated heterocycles. The maximum atomic E-state index is 4.51. The molecule has 0 aromatic carbocycles. The molecule has 1 N–H and O–H groups in total. The third-order valence-electron chi connectivity index (χ3n) is 3.63. The molecule has 1 saturated carbocycles. The van der Waals surface area contributed by atoms with E-state index in [9.17, 15) is 0 Å². The van der Waals surface area contributed by atoms with Crippen molar-refractivity contribution in [1.82, 2.24) is 15.1 Å². The van der Waals surface area contributed by atoms with Crippen LogP contribution in [0, 0.1) is 5.41 Å². The van der Waals surface area contributed by atoms with Crippen molar-refractivity contribution in [2.24, 2.45) is 12.5 Å². The predicted octanol–water partition coefficient (Wildman–Crippen LogP) is 2.52. The minimum absolute atomic E-state index is 0.353. The van der Waals surface area contributed by atoms with Crippen LogP contribution in [0.4, 0.5) is 0 Å². The molecule has 0 radical (unpaired) electrons. The van der Waals surface area contributed by atoms with E-state index in [1.54, 1.807) is 0 Å². The van der Waals surface area contributed by atoms with E-state index in [1.807, 2.05) is 17.9 Å². The van der Waals surface area contributed by atoms with Gasteiger partial charge in [0.25, 0.3) is 0 Å². The van der Waals surface area contributed by atoms with Crippen LogP contribution in [0.3, 0.4) is 0 Å². The van der Waals surface area contributed by atoms with Crippen molar-refractivity contribution in [3.8, 4) is 0 Å². The van der Waals surface area contributed by atoms with Crippen LogP contribution in [0.15, 0.2) is 12.3 Å². The number of aromatic nitrogens is 2. The van der Waals surface area contributed by atoms with Gasteiger partial charge in [0.05, 0.1) is 5.69 Å². The molecule has 1 fully saturated rings. The van der Waals surface area contributed by atoms with Crippen molar-refractivity contribution in [3.05, 3.63) is 18.0 Å². The van der Waals surface area contributed by atoms with Crippen LogP contribution < -0.4 is 5.32 Å². The standard InChI is InChI=1S/C14H25N3/c1-4-8-14(2,11-15-12-5-6-12)10-13-7-9-17(3)16-13/h7,9,12,15H,4-6,8,10-11H2,1-3H3. The molecule has 1 aromatic heterocycles. The minimum Gasteiger partial charge on any atom is -0.313 e. The Bertz CT molecular complexity index is 354. The van der Waals surface area contributed by atoms with Crippen LogP contribution in [-0.4, -0.2) is 22.4 Å². The van der Waals surface area contributed by atoms with E-state index < -0.39 is 0 Å². The molecular formula is C14H25N3. The molecule has 1 aliphatic rings. The summed E-state index contributed by atoms with van der Waals surface area (Å²) in [5.41, 5.74) is 1.58. The molecule has 3 nitrogen and oxygen atoms in total. The number of nitrogens with zero attached hydrogens (tertiary/aromatic N) is 2. The first-order valence-electron chi connectivity index (χ1n) is 6.83. The van der Waals surface area contributed by atoms with E-state index in [2.05, 4.69) is 30.3 Å². The molecule has 1 aliphatic carbocycles. The highest BCUT2D eigenvalue weighted by molar-refractivity contribution is 5.03. The van der Waals surface area contributed by atoms with E-state index in [-0.39, 0.29) is 0 Å². The second kappa shape index (κ2) is 5.21. The first-order valence-corrected chi connectivity index (χ1v) is 6.83. The zero-order valence-electron chi connectivity index (χ0n) is 11.4. The van der Waals surface area contributed by atoms with Crippen LogP contribution in [0.1, 0.15) is 45.2 Å². The summed E-state index contributed by atoms with van der Waals surface area (Å²) >= 11 is 0. The van der Waals surface area contributed by atoms with E-state index >= 15 is 0 Å². The lowest BCUT2D eigenvalue weighted by Crippen LogP contribution is -2.35. The Kier molecular flexibility index (Phi) is 3.87.